The Bertz CT molecular complexity index is 1200. The second-order valence-electron chi connectivity index (χ2n) is 11.5. The van der Waals surface area contributed by atoms with Gasteiger partial charge in [-0.15, -0.1) is 0 Å². The van der Waals surface area contributed by atoms with Gasteiger partial charge in [-0.05, 0) is 74.8 Å². The van der Waals surface area contributed by atoms with Crippen molar-refractivity contribution in [2.45, 2.75) is 67.7 Å². The van der Waals surface area contributed by atoms with E-state index in [-0.39, 0.29) is 30.3 Å². The quantitative estimate of drug-likeness (QED) is 0.648. The highest BCUT2D eigenvalue weighted by atomic mass is 16.5. The third kappa shape index (κ3) is 3.02. The van der Waals surface area contributed by atoms with Crippen LogP contribution in [0, 0.1) is 5.92 Å². The van der Waals surface area contributed by atoms with Crippen LogP contribution in [0.15, 0.2) is 42.5 Å². The minimum absolute atomic E-state index is 0.0318. The number of nitrogens with zero attached hydrogens (tertiary/aromatic N) is 2. The summed E-state index contributed by atoms with van der Waals surface area (Å²) >= 11 is 0. The number of amides is 1. The van der Waals surface area contributed by atoms with Gasteiger partial charge in [-0.25, -0.2) is 0 Å². The molecule has 5 atom stereocenters. The maximum absolute atomic E-state index is 13.3. The molecule has 2 N–H and O–H groups in total. The standard InChI is InChI=1S/C29H34N2O5/c1-30(24(33)17-35-20-5-3-2-4-6-20)21-11-12-29(34)23-15-19-9-10-22(32)26-25(19)28(29,27(21)36-26)13-14-31(23)16-18-7-8-18/h2-6,9-10,18,21,23,27,32,34H,7-8,11-17H2,1H3/t21-,23+,27-,28-,29+/m0/s1. The predicted octanol–water partition coefficient (Wildman–Crippen LogP) is 2.86. The van der Waals surface area contributed by atoms with E-state index in [0.717, 1.165) is 37.4 Å². The summed E-state index contributed by atoms with van der Waals surface area (Å²) in [5.41, 5.74) is 0.584. The summed E-state index contributed by atoms with van der Waals surface area (Å²) in [6, 6.07) is 12.9. The van der Waals surface area contributed by atoms with Gasteiger partial charge in [0.1, 0.15) is 11.9 Å². The molecule has 0 unspecified atom stereocenters. The van der Waals surface area contributed by atoms with Crippen LogP contribution in [0.2, 0.25) is 0 Å². The number of rotatable bonds is 6. The van der Waals surface area contributed by atoms with Crippen LogP contribution >= 0.6 is 0 Å². The lowest BCUT2D eigenvalue weighted by Gasteiger charge is -2.64. The fraction of sp³-hybridized carbons (Fsp3) is 0.552. The molecule has 3 aliphatic carbocycles. The summed E-state index contributed by atoms with van der Waals surface area (Å²) in [6.45, 7) is 1.90. The highest BCUT2D eigenvalue weighted by Crippen LogP contribution is 2.66. The van der Waals surface area contributed by atoms with Crippen LogP contribution in [0.3, 0.4) is 0 Å². The molecule has 0 radical (unpaired) electrons. The van der Waals surface area contributed by atoms with Crippen LogP contribution in [-0.2, 0) is 16.6 Å². The van der Waals surface area contributed by atoms with Crippen molar-refractivity contribution < 1.29 is 24.5 Å². The van der Waals surface area contributed by atoms with E-state index in [1.165, 1.54) is 18.4 Å². The van der Waals surface area contributed by atoms with Crippen molar-refractivity contribution in [1.29, 1.82) is 0 Å². The molecule has 36 heavy (non-hydrogen) atoms. The van der Waals surface area contributed by atoms with E-state index in [1.54, 1.807) is 11.0 Å². The second kappa shape index (κ2) is 7.86. The first-order valence-corrected chi connectivity index (χ1v) is 13.3. The van der Waals surface area contributed by atoms with Crippen molar-refractivity contribution in [1.82, 2.24) is 9.80 Å². The Hall–Kier alpha value is -2.77. The minimum Gasteiger partial charge on any atom is -0.504 e. The van der Waals surface area contributed by atoms with Gasteiger partial charge >= 0.3 is 0 Å². The molecule has 2 aliphatic heterocycles. The van der Waals surface area contributed by atoms with Crippen LogP contribution in [-0.4, -0.2) is 76.5 Å². The number of carbonyl (C=O) groups is 1. The van der Waals surface area contributed by atoms with Gasteiger partial charge in [-0.3, -0.25) is 9.69 Å². The molecule has 1 spiro atoms. The Morgan fingerprint density at radius 1 is 1.17 bits per heavy atom. The van der Waals surface area contributed by atoms with Crippen molar-refractivity contribution in [2.75, 3.05) is 26.7 Å². The van der Waals surface area contributed by atoms with Gasteiger partial charge in [-0.1, -0.05) is 24.3 Å². The lowest BCUT2D eigenvalue weighted by molar-refractivity contribution is -0.200. The predicted molar refractivity (Wildman–Crippen MR) is 133 cm³/mol. The highest BCUT2D eigenvalue weighted by molar-refractivity contribution is 5.78. The number of ether oxygens (including phenoxy) is 2. The number of hydrogen-bond acceptors (Lipinski definition) is 6. The number of carbonyl (C=O) groups excluding carboxylic acids is 1. The summed E-state index contributed by atoms with van der Waals surface area (Å²) in [4.78, 5) is 17.5. The molecule has 0 aromatic heterocycles. The molecule has 2 aromatic carbocycles. The molecule has 7 nitrogen and oxygen atoms in total. The van der Waals surface area contributed by atoms with Crippen molar-refractivity contribution >= 4 is 5.91 Å². The van der Waals surface area contributed by atoms with E-state index in [9.17, 15) is 15.0 Å². The maximum atomic E-state index is 13.3. The molecule has 1 saturated heterocycles. The third-order valence-corrected chi connectivity index (χ3v) is 9.73. The largest absolute Gasteiger partial charge is 0.504 e. The molecule has 7 heteroatoms. The van der Waals surface area contributed by atoms with E-state index in [1.807, 2.05) is 43.4 Å². The molecule has 3 fully saturated rings. The highest BCUT2D eigenvalue weighted by Gasteiger charge is 2.73. The smallest absolute Gasteiger partial charge is 0.260 e. The zero-order valence-corrected chi connectivity index (χ0v) is 20.7. The van der Waals surface area contributed by atoms with Crippen LogP contribution < -0.4 is 9.47 Å². The summed E-state index contributed by atoms with van der Waals surface area (Å²) in [6.07, 6.45) is 4.95. The lowest BCUT2D eigenvalue weighted by atomic mass is 9.48. The average Bonchev–Trinajstić information content (AvgIpc) is 3.63. The number of phenolic OH excluding ortho intramolecular Hbond substituents is 1. The number of benzene rings is 2. The Kier molecular flexibility index (Phi) is 4.90. The SMILES string of the molecule is CN(C(=O)COc1ccccc1)[C@H]1CC[C@@]2(O)[C@H]3Cc4ccc(O)c5c4[C@@]2(CCN3CC2CC2)[C@H]1O5. The topological polar surface area (TPSA) is 82.5 Å². The number of aromatic hydroxyl groups is 1. The van der Waals surface area contributed by atoms with Gasteiger partial charge in [-0.2, -0.15) is 0 Å². The van der Waals surface area contributed by atoms with E-state index < -0.39 is 17.1 Å². The first-order valence-electron chi connectivity index (χ1n) is 13.3. The summed E-state index contributed by atoms with van der Waals surface area (Å²) in [5.74, 6) is 1.93. The molecule has 2 aromatic rings. The number of hydrogen-bond donors (Lipinski definition) is 2. The van der Waals surface area contributed by atoms with E-state index in [4.69, 9.17) is 9.47 Å². The summed E-state index contributed by atoms with van der Waals surface area (Å²) < 4.78 is 12.3. The lowest BCUT2D eigenvalue weighted by Crippen LogP contribution is -2.78. The van der Waals surface area contributed by atoms with E-state index in [2.05, 4.69) is 4.90 Å². The van der Waals surface area contributed by atoms with Gasteiger partial charge in [0.05, 0.1) is 17.1 Å². The third-order valence-electron chi connectivity index (χ3n) is 9.73. The molecule has 190 valence electrons. The monoisotopic (exact) mass is 490 g/mol. The zero-order chi connectivity index (χ0) is 24.7. The van der Waals surface area contributed by atoms with Crippen molar-refractivity contribution in [2.24, 2.45) is 5.92 Å². The van der Waals surface area contributed by atoms with Gasteiger partial charge < -0.3 is 24.6 Å². The maximum Gasteiger partial charge on any atom is 0.260 e. The van der Waals surface area contributed by atoms with Crippen LogP contribution in [0.1, 0.15) is 43.2 Å². The molecule has 2 heterocycles. The molecule has 2 saturated carbocycles. The summed E-state index contributed by atoms with van der Waals surface area (Å²) in [5, 5.41) is 23.4. The molecule has 5 aliphatic rings. The Morgan fingerprint density at radius 2 is 1.97 bits per heavy atom. The molecule has 2 bridgehead atoms. The number of aliphatic hydroxyl groups is 1. The number of piperidine rings is 1. The van der Waals surface area contributed by atoms with Crippen LogP contribution in [0.4, 0.5) is 0 Å². The van der Waals surface area contributed by atoms with Gasteiger partial charge in [0.15, 0.2) is 18.1 Å². The fourth-order valence-corrected chi connectivity index (χ4v) is 7.80. The Labute approximate surface area is 211 Å². The van der Waals surface area contributed by atoms with Crippen molar-refractivity contribution in [3.8, 4) is 17.2 Å². The van der Waals surface area contributed by atoms with E-state index in [0.29, 0.717) is 24.3 Å². The number of phenols is 1. The first-order chi connectivity index (χ1) is 17.4. The average molecular weight is 491 g/mol. The van der Waals surface area contributed by atoms with Crippen molar-refractivity contribution in [3.63, 3.8) is 0 Å². The number of likely N-dealkylation sites (tertiary alicyclic amines) is 1. The van der Waals surface area contributed by atoms with Crippen molar-refractivity contribution in [3.05, 3.63) is 53.6 Å². The Balaban J connectivity index is 1.23. The zero-order valence-electron chi connectivity index (χ0n) is 20.7. The Morgan fingerprint density at radius 3 is 2.75 bits per heavy atom. The molecule has 7 rings (SSSR count). The normalized spacial score (nSPS) is 34.0. The number of para-hydroxylation sites is 1. The second-order valence-corrected chi connectivity index (χ2v) is 11.5. The molecular formula is C29H34N2O5. The fourth-order valence-electron chi connectivity index (χ4n) is 7.80. The van der Waals surface area contributed by atoms with Crippen LogP contribution in [0.5, 0.6) is 17.2 Å². The summed E-state index contributed by atoms with van der Waals surface area (Å²) in [7, 11) is 1.82. The van der Waals surface area contributed by atoms with Gasteiger partial charge in [0.25, 0.3) is 5.91 Å². The number of likely N-dealkylation sites (N-methyl/N-ethyl adjacent to an activating group) is 1. The minimum atomic E-state index is -0.947. The van der Waals surface area contributed by atoms with Gasteiger partial charge in [0, 0.05) is 25.2 Å². The molecule has 1 amide bonds. The molecular weight excluding hydrogens is 456 g/mol. The van der Waals surface area contributed by atoms with Crippen LogP contribution in [0.25, 0.3) is 0 Å². The van der Waals surface area contributed by atoms with E-state index >= 15 is 0 Å². The first kappa shape index (κ1) is 22.4. The van der Waals surface area contributed by atoms with Gasteiger partial charge in [0.2, 0.25) is 0 Å².